The van der Waals surface area contributed by atoms with Gasteiger partial charge in [-0.2, -0.15) is 9.97 Å². The number of anilines is 3. The molecule has 22 rings (SSSR count). The number of guanidine groups is 1. The monoisotopic (exact) mass is 1310 g/mol. The molecule has 11 aromatic carbocycles. The van der Waals surface area contributed by atoms with E-state index < -0.39 is 8.07 Å². The van der Waals surface area contributed by atoms with Crippen molar-refractivity contribution in [3.63, 3.8) is 0 Å². The van der Waals surface area contributed by atoms with Crippen LogP contribution in [0.25, 0.3) is 124 Å². The van der Waals surface area contributed by atoms with Gasteiger partial charge in [0.2, 0.25) is 35.2 Å². The molecule has 0 radical (unpaired) electrons. The molecule has 2 aliphatic heterocycles. The first kappa shape index (κ1) is 55.5. The number of aliphatic imine (C=N–C) groups is 1. The zero-order valence-electron chi connectivity index (χ0n) is 53.8. The van der Waals surface area contributed by atoms with Gasteiger partial charge in [-0.1, -0.05) is 218 Å². The SMILES string of the molecule is C1=CC2N=C3N(c4nc(-c5cccc([Si](c6ccccc6)(c6ccccc6)c6cccc(-c7cc(-n8c9ccccc9n9c%10ccccc%10nc89)nc(-n8c9ccccc9n9c%10ccccc%10nc89)n7)c6)c5)cc(-n5c6ccccc6n6c7ccccc7nc56)n4)c4ccccc4N3C2C=C1. The van der Waals surface area contributed by atoms with Gasteiger partial charge in [0.05, 0.1) is 101 Å². The van der Waals surface area contributed by atoms with Crippen molar-refractivity contribution in [2.75, 3.05) is 9.80 Å². The maximum Gasteiger partial charge on any atom is 0.239 e. The predicted octanol–water partition coefficient (Wildman–Crippen LogP) is 14.4. The molecule has 0 saturated heterocycles. The molecule has 19 aromatic rings. The molecule has 17 heteroatoms. The number of imidazole rings is 6. The molecular weight excluding hydrogens is 1260 g/mol. The minimum Gasteiger partial charge on any atom is -0.300 e. The van der Waals surface area contributed by atoms with E-state index in [-0.39, 0.29) is 12.1 Å². The van der Waals surface area contributed by atoms with Gasteiger partial charge in [-0.3, -0.25) is 22.3 Å². The van der Waals surface area contributed by atoms with E-state index in [1.54, 1.807) is 0 Å². The van der Waals surface area contributed by atoms with Crippen LogP contribution in [0.3, 0.4) is 0 Å². The molecule has 0 fully saturated rings. The van der Waals surface area contributed by atoms with E-state index in [4.69, 9.17) is 39.9 Å². The number of para-hydroxylation sites is 14. The highest BCUT2D eigenvalue weighted by Gasteiger charge is 2.47. The van der Waals surface area contributed by atoms with Crippen molar-refractivity contribution in [1.29, 1.82) is 0 Å². The van der Waals surface area contributed by atoms with Crippen molar-refractivity contribution in [3.05, 3.63) is 315 Å². The summed E-state index contributed by atoms with van der Waals surface area (Å²) in [7, 11) is -3.42. The van der Waals surface area contributed by atoms with Crippen molar-refractivity contribution in [2.24, 2.45) is 4.99 Å². The summed E-state index contributed by atoms with van der Waals surface area (Å²) in [4.78, 5) is 48.8. The largest absolute Gasteiger partial charge is 0.300 e. The third-order valence-electron chi connectivity index (χ3n) is 20.6. The molecule has 10 heterocycles. The van der Waals surface area contributed by atoms with E-state index in [2.05, 4.69) is 334 Å². The van der Waals surface area contributed by atoms with Crippen LogP contribution in [0.15, 0.2) is 320 Å². The topological polar surface area (TPSA) is 137 Å². The molecule has 1 aliphatic carbocycles. The Morgan fingerprint density at radius 2 is 0.693 bits per heavy atom. The van der Waals surface area contributed by atoms with Crippen molar-refractivity contribution >= 4 is 136 Å². The number of benzene rings is 11. The Bertz CT molecular complexity index is 6580. The molecule has 0 bridgehead atoms. The third-order valence-corrected chi connectivity index (χ3v) is 25.4. The van der Waals surface area contributed by atoms with Crippen molar-refractivity contribution in [1.82, 2.24) is 61.8 Å². The summed E-state index contributed by atoms with van der Waals surface area (Å²) in [6, 6.07) is 103. The fourth-order valence-corrected chi connectivity index (χ4v) is 21.2. The lowest BCUT2D eigenvalue weighted by Crippen LogP contribution is -2.74. The van der Waals surface area contributed by atoms with Gasteiger partial charge in [0.1, 0.15) is 11.6 Å². The number of fused-ring (bicyclic) bond motifs is 20. The fraction of sp³-hybridized carbons (Fsp3) is 0.0238. The zero-order chi connectivity index (χ0) is 66.0. The van der Waals surface area contributed by atoms with Crippen LogP contribution in [-0.2, 0) is 0 Å². The lowest BCUT2D eigenvalue weighted by molar-refractivity contribution is 0.741. The maximum absolute atomic E-state index is 5.75. The van der Waals surface area contributed by atoms with Crippen LogP contribution in [0.5, 0.6) is 0 Å². The minimum atomic E-state index is -3.42. The normalized spacial score (nSPS) is 15.1. The maximum atomic E-state index is 5.75. The van der Waals surface area contributed by atoms with Gasteiger partial charge in [-0.05, 0) is 106 Å². The van der Waals surface area contributed by atoms with Gasteiger partial charge in [0, 0.05) is 23.3 Å². The molecule has 101 heavy (non-hydrogen) atoms. The average molecular weight is 1320 g/mol. The van der Waals surface area contributed by atoms with E-state index >= 15 is 0 Å². The highest BCUT2D eigenvalue weighted by atomic mass is 28.3. The summed E-state index contributed by atoms with van der Waals surface area (Å²) < 4.78 is 13.2. The standard InChI is InChI=1S/C84H54N16Si/c1-3-27-55(28-4-1)101(56-29-5-2-6-30-56,57-31-23-25-53(49-57)63-51-77(97-73-45-19-15-41-69(73)93-65-37-11-7-33-59(65)87-81(93)97)91-79(85-63)99-75-47-21-17-43-71(75)95-67-39-13-9-35-61(67)89-83(95)99)58-32-24-26-54(50-58)64-52-78(98-74-46-20-16-42-70(74)94-66-38-12-8-34-60(66)88-82(94)98)92-80(86-64)100-76-48-22-18-44-72(76)96-68-40-14-10-36-62(68)90-84(96)100/h1-52,61,67H. The van der Waals surface area contributed by atoms with E-state index in [1.807, 2.05) is 18.2 Å². The Morgan fingerprint density at radius 3 is 1.21 bits per heavy atom. The third kappa shape index (κ3) is 7.93. The smallest absolute Gasteiger partial charge is 0.239 e. The first-order chi connectivity index (χ1) is 50.1. The Hall–Kier alpha value is -13.6. The summed E-state index contributed by atoms with van der Waals surface area (Å²) in [6.45, 7) is 0. The molecule has 0 N–H and O–H groups in total. The van der Waals surface area contributed by atoms with E-state index in [9.17, 15) is 0 Å². The molecule has 8 aromatic heterocycles. The average Bonchev–Trinajstić information content (AvgIpc) is 1.73. The molecule has 474 valence electrons. The molecule has 2 unspecified atom stereocenters. The van der Waals surface area contributed by atoms with E-state index in [0.29, 0.717) is 29.3 Å². The van der Waals surface area contributed by atoms with Crippen molar-refractivity contribution in [3.8, 4) is 40.1 Å². The van der Waals surface area contributed by atoms with Crippen LogP contribution >= 0.6 is 0 Å². The first-order valence-electron chi connectivity index (χ1n) is 33.9. The fourth-order valence-electron chi connectivity index (χ4n) is 16.3. The summed E-state index contributed by atoms with van der Waals surface area (Å²) >= 11 is 0. The second-order valence-electron chi connectivity index (χ2n) is 26.0. The molecular formula is C84H54N16Si. The van der Waals surface area contributed by atoms with Crippen molar-refractivity contribution < 1.29 is 0 Å². The molecule has 16 nitrogen and oxygen atoms in total. The van der Waals surface area contributed by atoms with Gasteiger partial charge in [-0.25, -0.2) is 39.4 Å². The Morgan fingerprint density at radius 1 is 0.297 bits per heavy atom. The number of hydrogen-bond acceptors (Lipinski definition) is 10. The molecule has 3 aliphatic rings. The van der Waals surface area contributed by atoms with Crippen LogP contribution in [0.2, 0.25) is 0 Å². The van der Waals surface area contributed by atoms with Crippen LogP contribution in [0.1, 0.15) is 0 Å². The van der Waals surface area contributed by atoms with Gasteiger partial charge in [0.15, 0.2) is 8.07 Å². The molecule has 0 amide bonds. The van der Waals surface area contributed by atoms with E-state index in [0.717, 1.165) is 128 Å². The summed E-state index contributed by atoms with van der Waals surface area (Å²) in [5, 5.41) is 4.73. The summed E-state index contributed by atoms with van der Waals surface area (Å²) in [5.41, 5.74) is 16.8. The highest BCUT2D eigenvalue weighted by Crippen LogP contribution is 2.47. The quantitative estimate of drug-likeness (QED) is 0.0968. The lowest BCUT2D eigenvalue weighted by Gasteiger charge is -2.35. The van der Waals surface area contributed by atoms with Gasteiger partial charge >= 0.3 is 0 Å². The highest BCUT2D eigenvalue weighted by molar-refractivity contribution is 7.20. The first-order valence-corrected chi connectivity index (χ1v) is 35.9. The Labute approximate surface area is 576 Å². The second-order valence-corrected chi connectivity index (χ2v) is 29.8. The Balaban J connectivity index is 0.781. The molecule has 0 saturated carbocycles. The summed E-state index contributed by atoms with van der Waals surface area (Å²) in [6.07, 6.45) is 8.63. The number of allylic oxidation sites excluding steroid dienone is 2. The number of aromatic nitrogens is 13. The van der Waals surface area contributed by atoms with Crippen LogP contribution < -0.4 is 30.5 Å². The number of hydrogen-bond donors (Lipinski definition) is 0. The van der Waals surface area contributed by atoms with Crippen molar-refractivity contribution in [2.45, 2.75) is 12.1 Å². The number of rotatable bonds is 10. The van der Waals surface area contributed by atoms with Crippen LogP contribution in [-0.4, -0.2) is 87.9 Å². The number of nitrogens with zero attached hydrogens (tertiary/aromatic N) is 16. The predicted molar refractivity (Wildman–Crippen MR) is 406 cm³/mol. The van der Waals surface area contributed by atoms with Gasteiger partial charge < -0.3 is 4.90 Å². The van der Waals surface area contributed by atoms with Gasteiger partial charge in [0.25, 0.3) is 0 Å². The van der Waals surface area contributed by atoms with Crippen LogP contribution in [0, 0.1) is 0 Å². The lowest BCUT2D eigenvalue weighted by atomic mass is 10.0. The van der Waals surface area contributed by atoms with E-state index in [1.165, 1.54) is 10.4 Å². The molecule has 2 atom stereocenters. The van der Waals surface area contributed by atoms with Gasteiger partial charge in [-0.15, -0.1) is 0 Å². The van der Waals surface area contributed by atoms with Crippen LogP contribution in [0.4, 0.5) is 17.3 Å². The second kappa shape index (κ2) is 21.2. The Kier molecular flexibility index (Phi) is 11.6. The summed E-state index contributed by atoms with van der Waals surface area (Å²) in [5.74, 6) is 5.25. The zero-order valence-corrected chi connectivity index (χ0v) is 54.8. The minimum absolute atomic E-state index is 0.000335. The molecule has 0 spiro atoms.